The summed E-state index contributed by atoms with van der Waals surface area (Å²) < 4.78 is 15.4. The van der Waals surface area contributed by atoms with Crippen LogP contribution in [0.25, 0.3) is 22.2 Å². The Morgan fingerprint density at radius 1 is 1.22 bits per heavy atom. The van der Waals surface area contributed by atoms with Gasteiger partial charge < -0.3 is 14.0 Å². The van der Waals surface area contributed by atoms with Crippen molar-refractivity contribution < 1.29 is 9.47 Å². The molecule has 3 heterocycles. The topological polar surface area (TPSA) is 54.1 Å². The third-order valence-corrected chi connectivity index (χ3v) is 6.29. The first-order valence-corrected chi connectivity index (χ1v) is 13.3. The third-order valence-electron chi connectivity index (χ3n) is 4.58. The van der Waals surface area contributed by atoms with E-state index in [0.29, 0.717) is 13.3 Å². The summed E-state index contributed by atoms with van der Waals surface area (Å²) in [7, 11) is -1.07. The number of hydrogen-bond donors (Lipinski definition) is 0. The highest BCUT2D eigenvalue weighted by molar-refractivity contribution is 6.76. The summed E-state index contributed by atoms with van der Waals surface area (Å²) in [5.41, 5.74) is 3.12. The minimum Gasteiger partial charge on any atom is -0.361 e. The van der Waals surface area contributed by atoms with Gasteiger partial charge in [0.1, 0.15) is 18.6 Å². The van der Waals surface area contributed by atoms with E-state index in [1.165, 1.54) is 6.04 Å². The van der Waals surface area contributed by atoms with Crippen molar-refractivity contribution in [2.75, 3.05) is 13.2 Å². The zero-order valence-electron chi connectivity index (χ0n) is 17.0. The van der Waals surface area contributed by atoms with Crippen LogP contribution in [0.3, 0.4) is 0 Å². The molecule has 27 heavy (non-hydrogen) atoms. The first kappa shape index (κ1) is 19.8. The Balaban J connectivity index is 1.77. The lowest BCUT2D eigenvalue weighted by molar-refractivity contribution is 0.0160. The molecule has 0 aromatic carbocycles. The summed E-state index contributed by atoms with van der Waals surface area (Å²) >= 11 is 0. The molecule has 0 amide bonds. The van der Waals surface area contributed by atoms with Crippen molar-refractivity contribution in [2.24, 2.45) is 0 Å². The molecule has 0 fully saturated rings. The lowest BCUT2D eigenvalue weighted by atomic mass is 10.1. The second-order valence-electron chi connectivity index (χ2n) is 7.99. The summed E-state index contributed by atoms with van der Waals surface area (Å²) in [6.07, 6.45) is 7.72. The highest BCUT2D eigenvalue weighted by atomic mass is 28.3. The molecule has 0 bridgehead atoms. The molecule has 1 unspecified atom stereocenters. The van der Waals surface area contributed by atoms with Gasteiger partial charge in [0, 0.05) is 50.8 Å². The van der Waals surface area contributed by atoms with Crippen molar-refractivity contribution in [1.29, 1.82) is 0 Å². The Bertz CT molecular complexity index is 882. The fraction of sp³-hybridized carbons (Fsp3) is 0.500. The van der Waals surface area contributed by atoms with Crippen molar-refractivity contribution in [3.8, 4) is 11.1 Å². The van der Waals surface area contributed by atoms with Gasteiger partial charge in [0.25, 0.3) is 0 Å². The molecule has 3 rings (SSSR count). The Morgan fingerprint density at radius 2 is 2.04 bits per heavy atom. The van der Waals surface area contributed by atoms with E-state index in [0.717, 1.165) is 28.8 Å². The zero-order valence-corrected chi connectivity index (χ0v) is 18.0. The molecular weight excluding hydrogens is 356 g/mol. The van der Waals surface area contributed by atoms with Crippen LogP contribution in [0.1, 0.15) is 20.1 Å². The van der Waals surface area contributed by atoms with Crippen LogP contribution in [-0.2, 0) is 16.2 Å². The monoisotopic (exact) mass is 386 g/mol. The Labute approximate surface area is 162 Å². The van der Waals surface area contributed by atoms with Gasteiger partial charge >= 0.3 is 0 Å². The van der Waals surface area contributed by atoms with Crippen LogP contribution < -0.4 is 0 Å². The van der Waals surface area contributed by atoms with Gasteiger partial charge in [-0.3, -0.25) is 0 Å². The number of aromatic nitrogens is 4. The van der Waals surface area contributed by atoms with E-state index in [9.17, 15) is 0 Å². The van der Waals surface area contributed by atoms with Crippen LogP contribution in [0.5, 0.6) is 0 Å². The van der Waals surface area contributed by atoms with Crippen molar-refractivity contribution >= 4 is 19.1 Å². The lowest BCUT2D eigenvalue weighted by Gasteiger charge is -2.15. The molecule has 7 heteroatoms. The quantitative estimate of drug-likeness (QED) is 0.393. The third kappa shape index (κ3) is 4.85. The summed E-state index contributed by atoms with van der Waals surface area (Å²) in [6.45, 7) is 13.1. The highest BCUT2D eigenvalue weighted by Gasteiger charge is 2.14. The SMILES string of the molecule is CCOC(C)n1cc(-c2ccnc3c2ccn3COCC[Si](C)(C)C)cn1. The van der Waals surface area contributed by atoms with Crippen LogP contribution in [0.2, 0.25) is 25.7 Å². The van der Waals surface area contributed by atoms with Crippen molar-refractivity contribution in [1.82, 2.24) is 19.3 Å². The molecular formula is C20H30N4O2Si. The Morgan fingerprint density at radius 3 is 2.78 bits per heavy atom. The molecule has 0 aliphatic rings. The standard InChI is InChI=1S/C20H30N4O2Si/c1-6-26-16(2)24-14-17(13-22-24)18-7-9-21-20-19(18)8-10-23(20)15-25-11-12-27(3,4)5/h7-10,13-14,16H,6,11-12,15H2,1-5H3. The molecule has 0 saturated carbocycles. The minimum absolute atomic E-state index is 0.0783. The number of pyridine rings is 1. The predicted octanol–water partition coefficient (Wildman–Crippen LogP) is 4.77. The fourth-order valence-corrected chi connectivity index (χ4v) is 3.74. The van der Waals surface area contributed by atoms with E-state index in [-0.39, 0.29) is 6.23 Å². The maximum absolute atomic E-state index is 5.89. The van der Waals surface area contributed by atoms with Gasteiger partial charge in [0.05, 0.1) is 6.20 Å². The fourth-order valence-electron chi connectivity index (χ4n) is 2.98. The second kappa shape index (κ2) is 8.37. The molecule has 0 radical (unpaired) electrons. The number of nitrogens with zero attached hydrogens (tertiary/aromatic N) is 4. The van der Waals surface area contributed by atoms with E-state index in [1.807, 2.05) is 49.4 Å². The van der Waals surface area contributed by atoms with Crippen molar-refractivity contribution in [3.05, 3.63) is 36.9 Å². The smallest absolute Gasteiger partial charge is 0.147 e. The molecule has 0 N–H and O–H groups in total. The van der Waals surface area contributed by atoms with Crippen LogP contribution in [-0.4, -0.2) is 40.6 Å². The number of fused-ring (bicyclic) bond motifs is 1. The highest BCUT2D eigenvalue weighted by Crippen LogP contribution is 2.28. The molecule has 6 nitrogen and oxygen atoms in total. The van der Waals surface area contributed by atoms with Gasteiger partial charge in [-0.2, -0.15) is 5.10 Å². The molecule has 3 aromatic rings. The maximum Gasteiger partial charge on any atom is 0.147 e. The minimum atomic E-state index is -1.07. The van der Waals surface area contributed by atoms with Crippen molar-refractivity contribution in [3.63, 3.8) is 0 Å². The molecule has 0 saturated heterocycles. The molecule has 0 aliphatic heterocycles. The largest absolute Gasteiger partial charge is 0.361 e. The van der Waals surface area contributed by atoms with Gasteiger partial charge in [-0.15, -0.1) is 0 Å². The van der Waals surface area contributed by atoms with E-state index >= 15 is 0 Å². The predicted molar refractivity (Wildman–Crippen MR) is 111 cm³/mol. The lowest BCUT2D eigenvalue weighted by Crippen LogP contribution is -2.22. The van der Waals surface area contributed by atoms with Crippen LogP contribution in [0.15, 0.2) is 36.9 Å². The summed E-state index contributed by atoms with van der Waals surface area (Å²) in [4.78, 5) is 4.57. The zero-order chi connectivity index (χ0) is 19.4. The molecule has 1 atom stereocenters. The van der Waals surface area contributed by atoms with E-state index in [1.54, 1.807) is 0 Å². The second-order valence-corrected chi connectivity index (χ2v) is 13.6. The Hall–Kier alpha value is -1.96. The maximum atomic E-state index is 5.89. The van der Waals surface area contributed by atoms with Gasteiger partial charge in [-0.1, -0.05) is 19.6 Å². The average molecular weight is 387 g/mol. The van der Waals surface area contributed by atoms with E-state index in [4.69, 9.17) is 9.47 Å². The first-order valence-electron chi connectivity index (χ1n) is 9.57. The van der Waals surface area contributed by atoms with Gasteiger partial charge in [-0.05, 0) is 37.6 Å². The summed E-state index contributed by atoms with van der Waals surface area (Å²) in [5.74, 6) is 0. The molecule has 3 aromatic heterocycles. The molecule has 0 aliphatic carbocycles. The summed E-state index contributed by atoms with van der Waals surface area (Å²) in [6, 6.07) is 5.30. The normalized spacial score (nSPS) is 13.4. The van der Waals surface area contributed by atoms with Gasteiger partial charge in [0.15, 0.2) is 0 Å². The first-order chi connectivity index (χ1) is 12.9. The molecule has 0 spiro atoms. The van der Waals surface area contributed by atoms with Crippen LogP contribution in [0, 0.1) is 0 Å². The average Bonchev–Trinajstić information content (AvgIpc) is 3.25. The number of hydrogen-bond acceptors (Lipinski definition) is 4. The number of rotatable bonds is 9. The van der Waals surface area contributed by atoms with Crippen molar-refractivity contribution in [2.45, 2.75) is 52.5 Å². The molecule has 146 valence electrons. The Kier molecular flexibility index (Phi) is 6.14. The van der Waals surface area contributed by atoms with E-state index < -0.39 is 8.07 Å². The van der Waals surface area contributed by atoms with Crippen LogP contribution in [0.4, 0.5) is 0 Å². The van der Waals surface area contributed by atoms with Gasteiger partial charge in [-0.25, -0.2) is 9.67 Å². The van der Waals surface area contributed by atoms with Gasteiger partial charge in [0.2, 0.25) is 0 Å². The summed E-state index contributed by atoms with van der Waals surface area (Å²) in [5, 5.41) is 5.56. The van der Waals surface area contributed by atoms with Crippen LogP contribution >= 0.6 is 0 Å². The van der Waals surface area contributed by atoms with E-state index in [2.05, 4.69) is 40.4 Å². The number of ether oxygens (including phenoxy) is 2.